The molecule has 3 aliphatic rings. The molecule has 9 nitrogen and oxygen atoms in total. The SMILES string of the molecule is CCC12COC(C(C3C=Nc4c(N)ncnc4CC3)O1)C2OP(O)(=S)OC. The predicted octanol–water partition coefficient (Wildman–Crippen LogP) is 1.52. The number of aliphatic imine (C=N–C) groups is 1. The molecule has 0 spiro atoms. The highest BCUT2D eigenvalue weighted by atomic mass is 32.5. The average Bonchev–Trinajstić information content (AvgIpc) is 3.03. The summed E-state index contributed by atoms with van der Waals surface area (Å²) >= 11 is 5.05. The van der Waals surface area contributed by atoms with Crippen LogP contribution in [-0.2, 0) is 36.7 Å². The van der Waals surface area contributed by atoms with Crippen molar-refractivity contribution in [2.75, 3.05) is 19.5 Å². The monoisotopic (exact) mass is 414 g/mol. The summed E-state index contributed by atoms with van der Waals surface area (Å²) in [6, 6.07) is 0. The van der Waals surface area contributed by atoms with E-state index in [0.717, 1.165) is 12.1 Å². The van der Waals surface area contributed by atoms with Crippen LogP contribution in [0, 0.1) is 5.92 Å². The minimum absolute atomic E-state index is 0.0116. The zero-order chi connectivity index (χ0) is 19.2. The number of ether oxygens (including phenoxy) is 2. The Labute approximate surface area is 162 Å². The van der Waals surface area contributed by atoms with Crippen LogP contribution in [0.25, 0.3) is 0 Å². The van der Waals surface area contributed by atoms with Crippen molar-refractivity contribution in [3.8, 4) is 0 Å². The summed E-state index contributed by atoms with van der Waals surface area (Å²) < 4.78 is 23.2. The third kappa shape index (κ3) is 3.33. The Kier molecular flexibility index (Phi) is 5.09. The zero-order valence-electron chi connectivity index (χ0n) is 15.1. The number of aryl methyl sites for hydroxylation is 1. The summed E-state index contributed by atoms with van der Waals surface area (Å²) in [5.41, 5.74) is 6.73. The molecule has 6 atom stereocenters. The van der Waals surface area contributed by atoms with Gasteiger partial charge in [-0.15, -0.1) is 0 Å². The van der Waals surface area contributed by atoms with E-state index in [4.69, 9.17) is 36.1 Å². The van der Waals surface area contributed by atoms with E-state index >= 15 is 0 Å². The van der Waals surface area contributed by atoms with Gasteiger partial charge in [-0.2, -0.15) is 0 Å². The summed E-state index contributed by atoms with van der Waals surface area (Å²) in [6.45, 7) is -0.933. The molecule has 0 aromatic carbocycles. The van der Waals surface area contributed by atoms with Crippen LogP contribution in [0.4, 0.5) is 11.5 Å². The molecule has 3 N–H and O–H groups in total. The standard InChI is InChI=1S/C16H23N4O5PS/c1-3-16-7-23-13(14(16)25-26(21,27)22-2)12(24-16)9-4-5-10-11(18-6-9)15(17)20-8-19-10/h6,8-9,12-14H,3-5,7H2,1-2H3,(H,21,27)(H2,17,19,20). The van der Waals surface area contributed by atoms with Crippen LogP contribution < -0.4 is 5.73 Å². The highest BCUT2D eigenvalue weighted by Gasteiger charge is 2.63. The largest absolute Gasteiger partial charge is 0.382 e. The zero-order valence-corrected chi connectivity index (χ0v) is 16.9. The first kappa shape index (κ1) is 19.3. The average molecular weight is 414 g/mol. The first-order valence-corrected chi connectivity index (χ1v) is 11.5. The predicted molar refractivity (Wildman–Crippen MR) is 102 cm³/mol. The maximum absolute atomic E-state index is 10.2. The fourth-order valence-corrected chi connectivity index (χ4v) is 4.99. The number of rotatable bonds is 5. The molecule has 1 aromatic rings. The molecule has 27 heavy (non-hydrogen) atoms. The molecule has 2 bridgehead atoms. The summed E-state index contributed by atoms with van der Waals surface area (Å²) in [4.78, 5) is 23.0. The second-order valence-corrected chi connectivity index (χ2v) is 9.89. The van der Waals surface area contributed by atoms with Crippen molar-refractivity contribution in [1.82, 2.24) is 9.97 Å². The van der Waals surface area contributed by atoms with Gasteiger partial charge in [0.05, 0.1) is 18.4 Å². The molecule has 148 valence electrons. The van der Waals surface area contributed by atoms with Crippen LogP contribution in [0.5, 0.6) is 0 Å². The van der Waals surface area contributed by atoms with Gasteiger partial charge in [0, 0.05) is 19.2 Å². The lowest BCUT2D eigenvalue weighted by atomic mass is 9.91. The quantitative estimate of drug-likeness (QED) is 0.691. The molecule has 6 unspecified atom stereocenters. The lowest BCUT2D eigenvalue weighted by Crippen LogP contribution is -2.42. The Morgan fingerprint density at radius 2 is 2.26 bits per heavy atom. The molecule has 0 amide bonds. The first-order valence-electron chi connectivity index (χ1n) is 8.89. The van der Waals surface area contributed by atoms with Gasteiger partial charge in [0.25, 0.3) is 0 Å². The summed E-state index contributed by atoms with van der Waals surface area (Å²) in [6.07, 6.45) is 4.36. The van der Waals surface area contributed by atoms with Crippen LogP contribution in [-0.4, -0.2) is 58.7 Å². The normalized spacial score (nSPS) is 37.0. The van der Waals surface area contributed by atoms with E-state index in [0.29, 0.717) is 31.0 Å². The minimum Gasteiger partial charge on any atom is -0.382 e. The molecule has 3 aliphatic heterocycles. The summed E-state index contributed by atoms with van der Waals surface area (Å²) in [7, 11) is 1.34. The Morgan fingerprint density at radius 1 is 1.44 bits per heavy atom. The van der Waals surface area contributed by atoms with E-state index in [1.165, 1.54) is 13.4 Å². The smallest absolute Gasteiger partial charge is 0.324 e. The van der Waals surface area contributed by atoms with Gasteiger partial charge < -0.3 is 24.6 Å². The fraction of sp³-hybridized carbons (Fsp3) is 0.688. The fourth-order valence-electron chi connectivity index (χ4n) is 4.02. The van der Waals surface area contributed by atoms with Crippen molar-refractivity contribution < 1.29 is 23.4 Å². The maximum atomic E-state index is 10.2. The number of nitrogen functional groups attached to an aromatic ring is 1. The molecule has 1 aromatic heterocycles. The lowest BCUT2D eigenvalue weighted by molar-refractivity contribution is -0.155. The Morgan fingerprint density at radius 3 is 3.00 bits per heavy atom. The van der Waals surface area contributed by atoms with E-state index in [1.54, 1.807) is 0 Å². The van der Waals surface area contributed by atoms with Crippen LogP contribution >= 0.6 is 6.72 Å². The molecule has 0 saturated carbocycles. The molecule has 4 heterocycles. The van der Waals surface area contributed by atoms with Gasteiger partial charge in [0.15, 0.2) is 5.82 Å². The third-order valence-electron chi connectivity index (χ3n) is 5.57. The Balaban J connectivity index is 1.58. The third-order valence-corrected chi connectivity index (χ3v) is 7.23. The van der Waals surface area contributed by atoms with Crippen LogP contribution in [0.3, 0.4) is 0 Å². The second kappa shape index (κ2) is 7.11. The van der Waals surface area contributed by atoms with Crippen molar-refractivity contribution in [3.63, 3.8) is 0 Å². The van der Waals surface area contributed by atoms with Crippen molar-refractivity contribution in [2.45, 2.75) is 50.1 Å². The van der Waals surface area contributed by atoms with E-state index < -0.39 is 18.4 Å². The first-order chi connectivity index (χ1) is 12.9. The van der Waals surface area contributed by atoms with Crippen LogP contribution in [0.2, 0.25) is 0 Å². The van der Waals surface area contributed by atoms with Gasteiger partial charge in [-0.3, -0.25) is 9.52 Å². The van der Waals surface area contributed by atoms with Gasteiger partial charge in [0.2, 0.25) is 0 Å². The number of fused-ring (bicyclic) bond motifs is 3. The number of hydrogen-bond donors (Lipinski definition) is 2. The number of aromatic nitrogens is 2. The van der Waals surface area contributed by atoms with Gasteiger partial charge in [-0.05, 0) is 31.1 Å². The number of hydrogen-bond acceptors (Lipinski definition) is 9. The van der Waals surface area contributed by atoms with Gasteiger partial charge in [-0.25, -0.2) is 9.97 Å². The van der Waals surface area contributed by atoms with E-state index in [1.807, 2.05) is 13.1 Å². The topological polar surface area (TPSA) is 121 Å². The van der Waals surface area contributed by atoms with Crippen molar-refractivity contribution in [1.29, 1.82) is 0 Å². The van der Waals surface area contributed by atoms with Gasteiger partial charge in [0.1, 0.15) is 29.8 Å². The number of anilines is 1. The van der Waals surface area contributed by atoms with E-state index in [2.05, 4.69) is 15.0 Å². The number of nitrogens with two attached hydrogens (primary N) is 1. The molecule has 0 aliphatic carbocycles. The maximum Gasteiger partial charge on any atom is 0.324 e. The number of nitrogens with zero attached hydrogens (tertiary/aromatic N) is 3. The highest BCUT2D eigenvalue weighted by molar-refractivity contribution is 8.07. The summed E-state index contributed by atoms with van der Waals surface area (Å²) in [5, 5.41) is 0. The van der Waals surface area contributed by atoms with Crippen molar-refractivity contribution >= 4 is 36.2 Å². The lowest BCUT2D eigenvalue weighted by Gasteiger charge is -2.32. The second-order valence-electron chi connectivity index (χ2n) is 6.99. The molecule has 4 rings (SSSR count). The Hall–Kier alpha value is -1.00. The highest BCUT2D eigenvalue weighted by Crippen LogP contribution is 2.54. The van der Waals surface area contributed by atoms with E-state index in [-0.39, 0.29) is 18.1 Å². The van der Waals surface area contributed by atoms with E-state index in [9.17, 15) is 4.89 Å². The van der Waals surface area contributed by atoms with Gasteiger partial charge in [-0.1, -0.05) is 6.92 Å². The van der Waals surface area contributed by atoms with Crippen molar-refractivity contribution in [3.05, 3.63) is 12.0 Å². The molecular weight excluding hydrogens is 391 g/mol. The molecule has 2 fully saturated rings. The van der Waals surface area contributed by atoms with Gasteiger partial charge >= 0.3 is 6.72 Å². The molecule has 2 saturated heterocycles. The molecule has 11 heteroatoms. The van der Waals surface area contributed by atoms with Crippen LogP contribution in [0.1, 0.15) is 25.5 Å². The minimum atomic E-state index is -3.34. The molecule has 0 radical (unpaired) electrons. The molecular formula is C16H23N4O5PS. The summed E-state index contributed by atoms with van der Waals surface area (Å²) in [5.74, 6) is 0.358. The van der Waals surface area contributed by atoms with Crippen molar-refractivity contribution in [2.24, 2.45) is 10.9 Å². The van der Waals surface area contributed by atoms with Crippen LogP contribution in [0.15, 0.2) is 11.3 Å². The Bertz CT molecular complexity index is 811.